The van der Waals surface area contributed by atoms with Gasteiger partial charge in [-0.25, -0.2) is 0 Å². The number of piperazine rings is 1. The summed E-state index contributed by atoms with van der Waals surface area (Å²) in [4.78, 5) is 3.76. The van der Waals surface area contributed by atoms with Crippen LogP contribution < -0.4 is 19.3 Å². The number of nitrogens with zero attached hydrogens (tertiary/aromatic N) is 1. The molecule has 1 fully saturated rings. The molecule has 0 bridgehead atoms. The third-order valence-electron chi connectivity index (χ3n) is 4.62. The van der Waals surface area contributed by atoms with Crippen molar-refractivity contribution in [3.8, 4) is 17.2 Å². The van der Waals surface area contributed by atoms with Crippen molar-refractivity contribution in [2.24, 2.45) is 0 Å². The van der Waals surface area contributed by atoms with Crippen molar-refractivity contribution in [3.05, 3.63) is 48.0 Å². The molecule has 2 aromatic rings. The molecule has 5 nitrogen and oxygen atoms in total. The normalized spacial score (nSPS) is 15.3. The van der Waals surface area contributed by atoms with Crippen LogP contribution in [0.15, 0.2) is 42.5 Å². The van der Waals surface area contributed by atoms with Gasteiger partial charge in [-0.05, 0) is 30.3 Å². The molecular weight excluding hydrogens is 304 g/mol. The summed E-state index contributed by atoms with van der Waals surface area (Å²) >= 11 is 0. The van der Waals surface area contributed by atoms with Crippen molar-refractivity contribution in [1.29, 1.82) is 0 Å². The van der Waals surface area contributed by atoms with E-state index in [4.69, 9.17) is 9.47 Å². The highest BCUT2D eigenvalue weighted by molar-refractivity contribution is 5.57. The predicted octanol–water partition coefficient (Wildman–Crippen LogP) is 1.31. The van der Waals surface area contributed by atoms with Gasteiger partial charge in [-0.1, -0.05) is 12.1 Å². The summed E-state index contributed by atoms with van der Waals surface area (Å²) < 4.78 is 10.8. The topological polar surface area (TPSA) is 46.4 Å². The van der Waals surface area contributed by atoms with Crippen molar-refractivity contribution >= 4 is 5.69 Å². The molecule has 5 heteroatoms. The largest absolute Gasteiger partial charge is 0.506 e. The number of anilines is 1. The number of aromatic hydroxyl groups is 1. The molecule has 1 heterocycles. The predicted molar refractivity (Wildman–Crippen MR) is 94.3 cm³/mol. The van der Waals surface area contributed by atoms with Crippen molar-refractivity contribution in [3.63, 3.8) is 0 Å². The van der Waals surface area contributed by atoms with Crippen molar-refractivity contribution in [2.75, 3.05) is 45.3 Å². The fraction of sp³-hybridized carbons (Fsp3) is 0.368. The lowest BCUT2D eigenvalue weighted by molar-refractivity contribution is -0.914. The summed E-state index contributed by atoms with van der Waals surface area (Å²) in [7, 11) is 3.39. The Hall–Kier alpha value is -2.40. The van der Waals surface area contributed by atoms with E-state index in [9.17, 15) is 5.11 Å². The number of methoxy groups -OCH3 is 2. The summed E-state index contributed by atoms with van der Waals surface area (Å²) in [5.41, 5.74) is 2.10. The smallest absolute Gasteiger partial charge is 0.138 e. The molecule has 128 valence electrons. The lowest BCUT2D eigenvalue weighted by Gasteiger charge is -2.34. The van der Waals surface area contributed by atoms with Crippen LogP contribution in [-0.4, -0.2) is 45.5 Å². The summed E-state index contributed by atoms with van der Waals surface area (Å²) in [6.45, 7) is 4.82. The van der Waals surface area contributed by atoms with E-state index in [1.165, 1.54) is 10.5 Å². The maximum absolute atomic E-state index is 10.0. The molecule has 0 radical (unpaired) electrons. The molecule has 0 atom stereocenters. The average molecular weight is 329 g/mol. The standard InChI is InChI=1S/C19H24N2O3/c1-23-16-7-8-19(24-2)15(13-16)14-20-9-11-21(12-10-20)17-5-3-4-6-18(17)22/h3-8,13,22H,9-12,14H2,1-2H3/p+1. The van der Waals surface area contributed by atoms with Crippen LogP contribution in [0.5, 0.6) is 17.2 Å². The molecular formula is C19H25N2O3+. The van der Waals surface area contributed by atoms with E-state index in [-0.39, 0.29) is 0 Å². The van der Waals surface area contributed by atoms with Gasteiger partial charge in [0, 0.05) is 0 Å². The number of rotatable bonds is 5. The Kier molecular flexibility index (Phi) is 5.11. The molecule has 0 unspecified atom stereocenters. The second-order valence-electron chi connectivity index (χ2n) is 6.08. The molecule has 0 amide bonds. The minimum absolute atomic E-state index is 0.357. The molecule has 0 aliphatic carbocycles. The molecule has 0 saturated carbocycles. The first kappa shape index (κ1) is 16.5. The Morgan fingerprint density at radius 2 is 1.79 bits per heavy atom. The Morgan fingerprint density at radius 1 is 1.04 bits per heavy atom. The quantitative estimate of drug-likeness (QED) is 0.868. The second kappa shape index (κ2) is 7.45. The van der Waals surface area contributed by atoms with Crippen molar-refractivity contribution in [1.82, 2.24) is 0 Å². The third-order valence-corrected chi connectivity index (χ3v) is 4.62. The zero-order chi connectivity index (χ0) is 16.9. The molecule has 3 rings (SSSR count). The van der Waals surface area contributed by atoms with Gasteiger partial charge in [0.25, 0.3) is 0 Å². The Morgan fingerprint density at radius 3 is 2.46 bits per heavy atom. The summed E-state index contributed by atoms with van der Waals surface area (Å²) in [5, 5.41) is 10.0. The van der Waals surface area contributed by atoms with Crippen LogP contribution in [0.25, 0.3) is 0 Å². The minimum Gasteiger partial charge on any atom is -0.506 e. The van der Waals surface area contributed by atoms with E-state index < -0.39 is 0 Å². The lowest BCUT2D eigenvalue weighted by Crippen LogP contribution is -3.13. The first-order chi connectivity index (χ1) is 11.7. The highest BCUT2D eigenvalue weighted by Gasteiger charge is 2.23. The monoisotopic (exact) mass is 329 g/mol. The van der Waals surface area contributed by atoms with Crippen LogP contribution in [0, 0.1) is 0 Å². The highest BCUT2D eigenvalue weighted by Crippen LogP contribution is 2.26. The lowest BCUT2D eigenvalue weighted by atomic mass is 10.1. The van der Waals surface area contributed by atoms with Gasteiger partial charge in [-0.3, -0.25) is 0 Å². The molecule has 1 saturated heterocycles. The number of benzene rings is 2. The first-order valence-electron chi connectivity index (χ1n) is 8.28. The highest BCUT2D eigenvalue weighted by atomic mass is 16.5. The zero-order valence-corrected chi connectivity index (χ0v) is 14.3. The molecule has 24 heavy (non-hydrogen) atoms. The van der Waals surface area contributed by atoms with Crippen molar-refractivity contribution < 1.29 is 19.5 Å². The maximum Gasteiger partial charge on any atom is 0.138 e. The Bertz CT molecular complexity index is 682. The molecule has 0 spiro atoms. The van der Waals surface area contributed by atoms with Gasteiger partial charge in [0.15, 0.2) is 0 Å². The number of nitrogens with one attached hydrogen (secondary N) is 1. The van der Waals surface area contributed by atoms with Gasteiger partial charge in [0.1, 0.15) is 23.8 Å². The fourth-order valence-corrected chi connectivity index (χ4v) is 3.26. The summed E-state index contributed by atoms with van der Waals surface area (Å²) in [5.74, 6) is 2.12. The number of quaternary nitrogens is 1. The van der Waals surface area contributed by atoms with Crippen LogP contribution in [0.3, 0.4) is 0 Å². The van der Waals surface area contributed by atoms with E-state index in [1.807, 2.05) is 30.3 Å². The average Bonchev–Trinajstić information content (AvgIpc) is 2.63. The van der Waals surface area contributed by atoms with E-state index in [1.54, 1.807) is 20.3 Å². The fourth-order valence-electron chi connectivity index (χ4n) is 3.26. The Labute approximate surface area is 143 Å². The van der Waals surface area contributed by atoms with Gasteiger partial charge < -0.3 is 24.4 Å². The number of para-hydroxylation sites is 2. The first-order valence-corrected chi connectivity index (χ1v) is 8.28. The molecule has 1 aliphatic heterocycles. The minimum atomic E-state index is 0.357. The summed E-state index contributed by atoms with van der Waals surface area (Å²) in [6.07, 6.45) is 0. The number of hydrogen-bond acceptors (Lipinski definition) is 4. The van der Waals surface area contributed by atoms with Gasteiger partial charge in [0.05, 0.1) is 51.6 Å². The van der Waals surface area contributed by atoms with Crippen LogP contribution in [-0.2, 0) is 6.54 Å². The van der Waals surface area contributed by atoms with Crippen molar-refractivity contribution in [2.45, 2.75) is 6.54 Å². The van der Waals surface area contributed by atoms with Crippen LogP contribution in [0.1, 0.15) is 5.56 Å². The van der Waals surface area contributed by atoms with E-state index >= 15 is 0 Å². The molecule has 1 aliphatic rings. The van der Waals surface area contributed by atoms with Gasteiger partial charge >= 0.3 is 0 Å². The number of phenolic OH excluding ortho intramolecular Hbond substituents is 1. The number of hydrogen-bond donors (Lipinski definition) is 2. The van der Waals surface area contributed by atoms with E-state index in [2.05, 4.69) is 11.0 Å². The van der Waals surface area contributed by atoms with Crippen LogP contribution in [0.2, 0.25) is 0 Å². The number of ether oxygens (including phenoxy) is 2. The molecule has 2 N–H and O–H groups in total. The zero-order valence-electron chi connectivity index (χ0n) is 14.3. The van der Waals surface area contributed by atoms with Gasteiger partial charge in [-0.2, -0.15) is 0 Å². The third kappa shape index (κ3) is 3.57. The summed E-state index contributed by atoms with van der Waals surface area (Å²) in [6, 6.07) is 13.5. The Balaban J connectivity index is 1.64. The SMILES string of the molecule is COc1ccc(OC)c(C[NH+]2CCN(c3ccccc3O)CC2)c1. The van der Waals surface area contributed by atoms with E-state index in [0.717, 1.165) is 49.9 Å². The van der Waals surface area contributed by atoms with Gasteiger partial charge in [-0.15, -0.1) is 0 Å². The van der Waals surface area contributed by atoms with E-state index in [0.29, 0.717) is 5.75 Å². The number of phenols is 1. The van der Waals surface area contributed by atoms with Gasteiger partial charge in [0.2, 0.25) is 0 Å². The van der Waals surface area contributed by atoms with Crippen LogP contribution in [0.4, 0.5) is 5.69 Å². The molecule has 2 aromatic carbocycles. The van der Waals surface area contributed by atoms with Crippen LogP contribution >= 0.6 is 0 Å². The molecule has 0 aromatic heterocycles. The maximum atomic E-state index is 10.0. The second-order valence-corrected chi connectivity index (χ2v) is 6.08.